The van der Waals surface area contributed by atoms with Crippen molar-refractivity contribution in [3.63, 3.8) is 0 Å². The van der Waals surface area contributed by atoms with Gasteiger partial charge in [0.2, 0.25) is 5.88 Å². The lowest BCUT2D eigenvalue weighted by atomic mass is 10.2. The second-order valence-electron chi connectivity index (χ2n) is 3.60. The number of nitrogens with one attached hydrogen (secondary N) is 1. The fourth-order valence-corrected chi connectivity index (χ4v) is 1.43. The van der Waals surface area contributed by atoms with E-state index in [0.29, 0.717) is 18.0 Å². The maximum atomic E-state index is 8.66. The Hall–Kier alpha value is -2.61. The van der Waals surface area contributed by atoms with Crippen LogP contribution in [0.2, 0.25) is 0 Å². The quantitative estimate of drug-likeness (QED) is 0.884. The summed E-state index contributed by atoms with van der Waals surface area (Å²) in [6.45, 7) is 0.623. The smallest absolute Gasteiger partial charge is 0.213 e. The second-order valence-corrected chi connectivity index (χ2v) is 3.60. The molecule has 0 aliphatic heterocycles. The molecule has 0 amide bonds. The van der Waals surface area contributed by atoms with Crippen LogP contribution in [0.3, 0.4) is 0 Å². The van der Waals surface area contributed by atoms with E-state index in [1.807, 2.05) is 18.2 Å². The predicted octanol–water partition coefficient (Wildman–Crippen LogP) is 1.97. The molecule has 0 fully saturated rings. The Morgan fingerprint density at radius 2 is 2.22 bits per heavy atom. The lowest BCUT2D eigenvalue weighted by molar-refractivity contribution is 0.397. The molecule has 0 spiro atoms. The number of aromatic nitrogens is 2. The van der Waals surface area contributed by atoms with Crippen molar-refractivity contribution in [2.75, 3.05) is 12.4 Å². The number of ether oxygens (including phenoxy) is 1. The van der Waals surface area contributed by atoms with E-state index in [9.17, 15) is 0 Å². The molecule has 0 aliphatic carbocycles. The molecule has 0 saturated carbocycles. The van der Waals surface area contributed by atoms with Crippen LogP contribution in [0.5, 0.6) is 5.88 Å². The van der Waals surface area contributed by atoms with Crippen molar-refractivity contribution in [1.82, 2.24) is 9.97 Å². The summed E-state index contributed by atoms with van der Waals surface area (Å²) in [5.74, 6) is 1.31. The number of pyridine rings is 2. The summed E-state index contributed by atoms with van der Waals surface area (Å²) >= 11 is 0. The van der Waals surface area contributed by atoms with Crippen molar-refractivity contribution >= 4 is 5.82 Å². The van der Waals surface area contributed by atoms with Crippen LogP contribution in [0, 0.1) is 11.3 Å². The molecule has 2 rings (SSSR count). The standard InChI is InChI=1S/C13H12N4O/c1-18-13-6-10(4-5-15-13)8-16-12-3-2-11(7-14)9-17-12/h2-6,9H,8H2,1H3,(H,16,17). The van der Waals surface area contributed by atoms with Gasteiger partial charge in [-0.05, 0) is 23.8 Å². The molecule has 0 aliphatic rings. The fourth-order valence-electron chi connectivity index (χ4n) is 1.43. The van der Waals surface area contributed by atoms with Gasteiger partial charge >= 0.3 is 0 Å². The third kappa shape index (κ3) is 2.95. The summed E-state index contributed by atoms with van der Waals surface area (Å²) in [7, 11) is 1.59. The number of rotatable bonds is 4. The number of hydrogen-bond donors (Lipinski definition) is 1. The molecule has 5 nitrogen and oxygen atoms in total. The van der Waals surface area contributed by atoms with Gasteiger partial charge in [0, 0.05) is 25.0 Å². The van der Waals surface area contributed by atoms with Crippen molar-refractivity contribution in [3.8, 4) is 11.9 Å². The van der Waals surface area contributed by atoms with Crippen molar-refractivity contribution < 1.29 is 4.74 Å². The molecule has 0 bridgehead atoms. The average molecular weight is 240 g/mol. The molecule has 5 heteroatoms. The van der Waals surface area contributed by atoms with Gasteiger partial charge in [0.1, 0.15) is 11.9 Å². The SMILES string of the molecule is COc1cc(CNc2ccc(C#N)cn2)ccn1. The summed E-state index contributed by atoms with van der Waals surface area (Å²) in [6.07, 6.45) is 3.23. The van der Waals surface area contributed by atoms with E-state index in [4.69, 9.17) is 10.00 Å². The molecule has 2 aromatic heterocycles. The fraction of sp³-hybridized carbons (Fsp3) is 0.154. The first-order valence-corrected chi connectivity index (χ1v) is 5.41. The van der Waals surface area contributed by atoms with Crippen LogP contribution in [0.4, 0.5) is 5.82 Å². The van der Waals surface area contributed by atoms with Crippen LogP contribution in [-0.2, 0) is 6.54 Å². The Labute approximate surface area is 105 Å². The minimum Gasteiger partial charge on any atom is -0.481 e. The molecule has 2 aromatic rings. The molecule has 0 aromatic carbocycles. The van der Waals surface area contributed by atoms with Gasteiger partial charge in [0.25, 0.3) is 0 Å². The highest BCUT2D eigenvalue weighted by atomic mass is 16.5. The maximum absolute atomic E-state index is 8.66. The Morgan fingerprint density at radius 1 is 1.33 bits per heavy atom. The highest BCUT2D eigenvalue weighted by Crippen LogP contribution is 2.11. The topological polar surface area (TPSA) is 70.8 Å². The highest BCUT2D eigenvalue weighted by Gasteiger charge is 1.98. The first-order valence-electron chi connectivity index (χ1n) is 5.41. The van der Waals surface area contributed by atoms with Crippen molar-refractivity contribution in [2.45, 2.75) is 6.54 Å². The van der Waals surface area contributed by atoms with Gasteiger partial charge in [0.05, 0.1) is 12.7 Å². The number of anilines is 1. The normalized spacial score (nSPS) is 9.56. The van der Waals surface area contributed by atoms with Gasteiger partial charge in [-0.25, -0.2) is 9.97 Å². The van der Waals surface area contributed by atoms with Gasteiger partial charge in [0.15, 0.2) is 0 Å². The molecule has 0 saturated heterocycles. The zero-order valence-electron chi connectivity index (χ0n) is 9.92. The summed E-state index contributed by atoms with van der Waals surface area (Å²) in [6, 6.07) is 9.29. The Bertz CT molecular complexity index is 560. The molecule has 90 valence electrons. The van der Waals surface area contributed by atoms with Crippen LogP contribution in [0.25, 0.3) is 0 Å². The van der Waals surface area contributed by atoms with Gasteiger partial charge in [-0.2, -0.15) is 5.26 Å². The highest BCUT2D eigenvalue weighted by molar-refractivity contribution is 5.39. The lowest BCUT2D eigenvalue weighted by Crippen LogP contribution is -2.02. The Morgan fingerprint density at radius 3 is 2.89 bits per heavy atom. The summed E-state index contributed by atoms with van der Waals surface area (Å²) in [5.41, 5.74) is 1.60. The van der Waals surface area contributed by atoms with Crippen LogP contribution in [0.15, 0.2) is 36.7 Å². The van der Waals surface area contributed by atoms with E-state index < -0.39 is 0 Å². The monoisotopic (exact) mass is 240 g/mol. The predicted molar refractivity (Wildman–Crippen MR) is 67.1 cm³/mol. The Balaban J connectivity index is 2.00. The second kappa shape index (κ2) is 5.64. The van der Waals surface area contributed by atoms with Crippen LogP contribution in [0.1, 0.15) is 11.1 Å². The number of hydrogen-bond acceptors (Lipinski definition) is 5. The van der Waals surface area contributed by atoms with Gasteiger partial charge < -0.3 is 10.1 Å². The van der Waals surface area contributed by atoms with E-state index in [1.54, 1.807) is 25.4 Å². The molecular weight excluding hydrogens is 228 g/mol. The molecular formula is C13H12N4O. The first kappa shape index (κ1) is 11.9. The summed E-state index contributed by atoms with van der Waals surface area (Å²) in [5, 5.41) is 11.8. The largest absolute Gasteiger partial charge is 0.481 e. The van der Waals surface area contributed by atoms with Gasteiger partial charge in [-0.1, -0.05) is 0 Å². The summed E-state index contributed by atoms with van der Waals surface area (Å²) < 4.78 is 5.05. The molecule has 1 N–H and O–H groups in total. The third-order valence-electron chi connectivity index (χ3n) is 2.37. The van der Waals surface area contributed by atoms with Crippen molar-refractivity contribution in [3.05, 3.63) is 47.8 Å². The lowest BCUT2D eigenvalue weighted by Gasteiger charge is -2.06. The Kier molecular flexibility index (Phi) is 3.72. The molecule has 0 atom stereocenters. The van der Waals surface area contributed by atoms with E-state index >= 15 is 0 Å². The van der Waals surface area contributed by atoms with Crippen LogP contribution < -0.4 is 10.1 Å². The van der Waals surface area contributed by atoms with Gasteiger partial charge in [-0.3, -0.25) is 0 Å². The maximum Gasteiger partial charge on any atom is 0.213 e. The third-order valence-corrected chi connectivity index (χ3v) is 2.37. The molecule has 0 radical (unpaired) electrons. The van der Waals surface area contributed by atoms with Gasteiger partial charge in [-0.15, -0.1) is 0 Å². The van der Waals surface area contributed by atoms with E-state index in [1.165, 1.54) is 6.20 Å². The van der Waals surface area contributed by atoms with Crippen LogP contribution in [-0.4, -0.2) is 17.1 Å². The first-order chi connectivity index (χ1) is 8.81. The van der Waals surface area contributed by atoms with Crippen LogP contribution >= 0.6 is 0 Å². The average Bonchev–Trinajstić information content (AvgIpc) is 2.46. The molecule has 0 unspecified atom stereocenters. The van der Waals surface area contributed by atoms with E-state index in [2.05, 4.69) is 15.3 Å². The number of methoxy groups -OCH3 is 1. The zero-order valence-corrected chi connectivity index (χ0v) is 9.92. The van der Waals surface area contributed by atoms with Crippen molar-refractivity contribution in [2.24, 2.45) is 0 Å². The molecule has 18 heavy (non-hydrogen) atoms. The minimum atomic E-state index is 0.547. The van der Waals surface area contributed by atoms with E-state index in [-0.39, 0.29) is 0 Å². The van der Waals surface area contributed by atoms with E-state index in [0.717, 1.165) is 11.4 Å². The van der Waals surface area contributed by atoms with Crippen molar-refractivity contribution in [1.29, 1.82) is 5.26 Å². The minimum absolute atomic E-state index is 0.547. The number of nitriles is 1. The summed E-state index contributed by atoms with van der Waals surface area (Å²) in [4.78, 5) is 8.16. The molecule has 2 heterocycles. The number of nitrogens with zero attached hydrogens (tertiary/aromatic N) is 3. The zero-order chi connectivity index (χ0) is 12.8.